The maximum absolute atomic E-state index is 11.9. The van der Waals surface area contributed by atoms with Gasteiger partial charge in [-0.15, -0.1) is 0 Å². The van der Waals surface area contributed by atoms with Gasteiger partial charge in [0.05, 0.1) is 12.6 Å². The van der Waals surface area contributed by atoms with Gasteiger partial charge in [0, 0.05) is 6.42 Å². The molecule has 0 fully saturated rings. The van der Waals surface area contributed by atoms with Crippen LogP contribution in [0.4, 0.5) is 0 Å². The SMILES string of the molecule is CCCCC/C=C\C/C=C\CCCCCCCC(=O)N[C@@H](CO)CC(C)C. The van der Waals surface area contributed by atoms with Crippen LogP contribution in [-0.2, 0) is 4.79 Å². The van der Waals surface area contributed by atoms with E-state index >= 15 is 0 Å². The van der Waals surface area contributed by atoms with Crippen molar-refractivity contribution in [1.29, 1.82) is 0 Å². The van der Waals surface area contributed by atoms with Crippen molar-refractivity contribution in [2.45, 2.75) is 110 Å². The van der Waals surface area contributed by atoms with Crippen LogP contribution in [0.3, 0.4) is 0 Å². The maximum Gasteiger partial charge on any atom is 0.220 e. The van der Waals surface area contributed by atoms with Crippen LogP contribution in [0.25, 0.3) is 0 Å². The first-order valence-corrected chi connectivity index (χ1v) is 11.3. The standard InChI is InChI=1S/C24H45NO2/c1-4-5-6-7-8-9-10-11-12-13-14-15-16-17-18-19-24(27)25-23(21-26)20-22(2)3/h8-9,11-12,22-23,26H,4-7,10,13-21H2,1-3H3,(H,25,27)/b9-8-,12-11-/t23-/m1/s1. The summed E-state index contributed by atoms with van der Waals surface area (Å²) in [5.41, 5.74) is 0. The number of carbonyl (C=O) groups is 1. The van der Waals surface area contributed by atoms with Gasteiger partial charge < -0.3 is 10.4 Å². The van der Waals surface area contributed by atoms with E-state index in [4.69, 9.17) is 0 Å². The van der Waals surface area contributed by atoms with E-state index in [0.717, 1.165) is 32.1 Å². The van der Waals surface area contributed by atoms with Gasteiger partial charge in [0.2, 0.25) is 5.91 Å². The molecule has 1 amide bonds. The minimum atomic E-state index is -0.0875. The van der Waals surface area contributed by atoms with Crippen molar-refractivity contribution in [3.05, 3.63) is 24.3 Å². The summed E-state index contributed by atoms with van der Waals surface area (Å²) in [5, 5.41) is 12.2. The molecule has 0 aromatic heterocycles. The van der Waals surface area contributed by atoms with E-state index in [0.29, 0.717) is 12.3 Å². The molecule has 0 radical (unpaired) electrons. The summed E-state index contributed by atoms with van der Waals surface area (Å²) in [6.45, 7) is 6.49. The third-order valence-electron chi connectivity index (χ3n) is 4.70. The molecule has 3 nitrogen and oxygen atoms in total. The molecule has 158 valence electrons. The van der Waals surface area contributed by atoms with Crippen molar-refractivity contribution >= 4 is 5.91 Å². The van der Waals surface area contributed by atoms with Gasteiger partial charge in [-0.1, -0.05) is 77.2 Å². The Labute approximate surface area is 168 Å². The van der Waals surface area contributed by atoms with E-state index in [1.54, 1.807) is 0 Å². The predicted molar refractivity (Wildman–Crippen MR) is 118 cm³/mol. The zero-order valence-electron chi connectivity index (χ0n) is 18.2. The van der Waals surface area contributed by atoms with Crippen LogP contribution in [0.15, 0.2) is 24.3 Å². The Hall–Kier alpha value is -1.09. The van der Waals surface area contributed by atoms with E-state index in [1.807, 2.05) is 0 Å². The second kappa shape index (κ2) is 19.7. The van der Waals surface area contributed by atoms with Crippen molar-refractivity contribution in [3.63, 3.8) is 0 Å². The second-order valence-electron chi connectivity index (χ2n) is 8.06. The maximum atomic E-state index is 11.9. The van der Waals surface area contributed by atoms with Crippen molar-refractivity contribution in [2.24, 2.45) is 5.92 Å². The summed E-state index contributed by atoms with van der Waals surface area (Å²) in [7, 11) is 0. The highest BCUT2D eigenvalue weighted by atomic mass is 16.3. The van der Waals surface area contributed by atoms with Gasteiger partial charge in [-0.2, -0.15) is 0 Å². The molecule has 0 aliphatic rings. The van der Waals surface area contributed by atoms with Crippen molar-refractivity contribution < 1.29 is 9.90 Å². The number of allylic oxidation sites excluding steroid dienone is 4. The average molecular weight is 380 g/mol. The Morgan fingerprint density at radius 3 is 2.07 bits per heavy atom. The molecule has 0 spiro atoms. The number of amides is 1. The number of hydrogen-bond acceptors (Lipinski definition) is 2. The van der Waals surface area contributed by atoms with Crippen LogP contribution in [0, 0.1) is 5.92 Å². The van der Waals surface area contributed by atoms with Crippen molar-refractivity contribution in [3.8, 4) is 0 Å². The molecule has 0 bridgehead atoms. The molecule has 2 N–H and O–H groups in total. The first-order valence-electron chi connectivity index (χ1n) is 11.3. The van der Waals surface area contributed by atoms with Gasteiger partial charge in [-0.25, -0.2) is 0 Å². The molecule has 0 heterocycles. The highest BCUT2D eigenvalue weighted by Gasteiger charge is 2.12. The van der Waals surface area contributed by atoms with Crippen molar-refractivity contribution in [1.82, 2.24) is 5.32 Å². The minimum absolute atomic E-state index is 0.0338. The van der Waals surface area contributed by atoms with E-state index in [9.17, 15) is 9.90 Å². The highest BCUT2D eigenvalue weighted by Crippen LogP contribution is 2.09. The van der Waals surface area contributed by atoms with Crippen LogP contribution >= 0.6 is 0 Å². The zero-order valence-corrected chi connectivity index (χ0v) is 18.2. The summed E-state index contributed by atoms with van der Waals surface area (Å²) in [6.07, 6.45) is 23.7. The number of carbonyl (C=O) groups excluding carboxylic acids is 1. The van der Waals surface area contributed by atoms with Gasteiger partial charge in [-0.05, 0) is 50.9 Å². The van der Waals surface area contributed by atoms with Crippen LogP contribution < -0.4 is 5.32 Å². The van der Waals surface area contributed by atoms with Crippen LogP contribution in [-0.4, -0.2) is 23.7 Å². The number of nitrogens with one attached hydrogen (secondary N) is 1. The third-order valence-corrected chi connectivity index (χ3v) is 4.70. The molecule has 27 heavy (non-hydrogen) atoms. The Morgan fingerprint density at radius 2 is 1.48 bits per heavy atom. The fraction of sp³-hybridized carbons (Fsp3) is 0.792. The molecular formula is C24H45NO2. The molecular weight excluding hydrogens is 334 g/mol. The minimum Gasteiger partial charge on any atom is -0.394 e. The number of unbranched alkanes of at least 4 members (excludes halogenated alkanes) is 8. The smallest absolute Gasteiger partial charge is 0.220 e. The number of aliphatic hydroxyl groups is 1. The van der Waals surface area contributed by atoms with Crippen LogP contribution in [0.1, 0.15) is 104 Å². The fourth-order valence-electron chi connectivity index (χ4n) is 3.14. The second-order valence-corrected chi connectivity index (χ2v) is 8.06. The number of aliphatic hydroxyl groups excluding tert-OH is 1. The van der Waals surface area contributed by atoms with Gasteiger partial charge >= 0.3 is 0 Å². The normalized spacial score (nSPS) is 13.1. The van der Waals surface area contributed by atoms with Crippen LogP contribution in [0.5, 0.6) is 0 Å². The Kier molecular flexibility index (Phi) is 18.9. The lowest BCUT2D eigenvalue weighted by Crippen LogP contribution is -2.38. The van der Waals surface area contributed by atoms with Gasteiger partial charge in [0.15, 0.2) is 0 Å². The summed E-state index contributed by atoms with van der Waals surface area (Å²) >= 11 is 0. The lowest BCUT2D eigenvalue weighted by Gasteiger charge is -2.18. The lowest BCUT2D eigenvalue weighted by molar-refractivity contribution is -0.122. The largest absolute Gasteiger partial charge is 0.394 e. The Balaban J connectivity index is 3.46. The average Bonchev–Trinajstić information content (AvgIpc) is 2.64. The predicted octanol–water partition coefficient (Wildman–Crippen LogP) is 6.32. The molecule has 0 aliphatic carbocycles. The molecule has 0 aliphatic heterocycles. The molecule has 0 saturated heterocycles. The molecule has 0 unspecified atom stereocenters. The molecule has 0 saturated carbocycles. The van der Waals surface area contributed by atoms with Gasteiger partial charge in [-0.3, -0.25) is 4.79 Å². The first kappa shape index (κ1) is 25.9. The van der Waals surface area contributed by atoms with E-state index in [2.05, 4.69) is 50.4 Å². The Morgan fingerprint density at radius 1 is 0.889 bits per heavy atom. The fourth-order valence-corrected chi connectivity index (χ4v) is 3.14. The monoisotopic (exact) mass is 379 g/mol. The summed E-state index contributed by atoms with van der Waals surface area (Å²) in [6, 6.07) is -0.0875. The van der Waals surface area contributed by atoms with E-state index in [-0.39, 0.29) is 18.6 Å². The summed E-state index contributed by atoms with van der Waals surface area (Å²) in [4.78, 5) is 11.9. The first-order chi connectivity index (χ1) is 13.1. The van der Waals surface area contributed by atoms with Gasteiger partial charge in [0.25, 0.3) is 0 Å². The van der Waals surface area contributed by atoms with E-state index < -0.39 is 0 Å². The van der Waals surface area contributed by atoms with Gasteiger partial charge in [0.1, 0.15) is 0 Å². The van der Waals surface area contributed by atoms with Crippen molar-refractivity contribution in [2.75, 3.05) is 6.61 Å². The topological polar surface area (TPSA) is 49.3 Å². The number of rotatable bonds is 18. The molecule has 0 aromatic rings. The molecule has 0 aromatic carbocycles. The molecule has 3 heteroatoms. The van der Waals surface area contributed by atoms with E-state index in [1.165, 1.54) is 44.9 Å². The quantitative estimate of drug-likeness (QED) is 0.216. The summed E-state index contributed by atoms with van der Waals surface area (Å²) < 4.78 is 0. The van der Waals surface area contributed by atoms with Crippen LogP contribution in [0.2, 0.25) is 0 Å². The highest BCUT2D eigenvalue weighted by molar-refractivity contribution is 5.76. The Bertz CT molecular complexity index is 388. The zero-order chi connectivity index (χ0) is 20.2. The molecule has 1 atom stereocenters. The number of hydrogen-bond donors (Lipinski definition) is 2. The third kappa shape index (κ3) is 19.5. The lowest BCUT2D eigenvalue weighted by atomic mass is 10.0. The molecule has 0 rings (SSSR count). The summed E-state index contributed by atoms with van der Waals surface area (Å²) in [5.74, 6) is 0.568.